The Morgan fingerprint density at radius 3 is 3.00 bits per heavy atom. The summed E-state index contributed by atoms with van der Waals surface area (Å²) >= 11 is 1.49. The van der Waals surface area contributed by atoms with Gasteiger partial charge in [-0.2, -0.15) is 9.61 Å². The maximum absolute atomic E-state index is 11.0. The lowest BCUT2D eigenvalue weighted by molar-refractivity contribution is 0.111. The number of ether oxygens (including phenoxy) is 1. The molecule has 0 aliphatic carbocycles. The standard InChI is InChI=1S/C15H15N3O2S/c1-10-4-3-5-12(8-10)20-7-6-14-17-18-13(9-19)11(2)16-15(18)21-14/h3-5,8-9H,6-7H2,1-2H3. The lowest BCUT2D eigenvalue weighted by atomic mass is 10.2. The molecule has 21 heavy (non-hydrogen) atoms. The summed E-state index contributed by atoms with van der Waals surface area (Å²) in [6.45, 7) is 4.40. The molecule has 0 fully saturated rings. The van der Waals surface area contributed by atoms with Gasteiger partial charge >= 0.3 is 0 Å². The Labute approximate surface area is 126 Å². The first-order valence-electron chi connectivity index (χ1n) is 6.67. The van der Waals surface area contributed by atoms with Crippen LogP contribution in [0, 0.1) is 13.8 Å². The predicted octanol–water partition coefficient (Wildman–Crippen LogP) is 2.84. The van der Waals surface area contributed by atoms with E-state index in [4.69, 9.17) is 4.74 Å². The number of aldehydes is 1. The number of imidazole rings is 1. The lowest BCUT2D eigenvalue weighted by Gasteiger charge is -2.05. The van der Waals surface area contributed by atoms with Crippen LogP contribution >= 0.6 is 11.3 Å². The van der Waals surface area contributed by atoms with Gasteiger partial charge in [-0.1, -0.05) is 23.5 Å². The Balaban J connectivity index is 1.68. The van der Waals surface area contributed by atoms with Gasteiger partial charge < -0.3 is 4.74 Å². The first-order valence-corrected chi connectivity index (χ1v) is 7.48. The number of carbonyl (C=O) groups excluding carboxylic acids is 1. The fourth-order valence-corrected chi connectivity index (χ4v) is 3.03. The molecule has 0 amide bonds. The van der Waals surface area contributed by atoms with E-state index in [2.05, 4.69) is 10.1 Å². The largest absolute Gasteiger partial charge is 0.493 e. The molecule has 2 aromatic heterocycles. The molecule has 0 saturated carbocycles. The molecule has 0 atom stereocenters. The van der Waals surface area contributed by atoms with E-state index in [1.807, 2.05) is 38.1 Å². The fourth-order valence-electron chi connectivity index (χ4n) is 2.10. The Morgan fingerprint density at radius 2 is 2.24 bits per heavy atom. The van der Waals surface area contributed by atoms with Gasteiger partial charge in [0.05, 0.1) is 12.3 Å². The summed E-state index contributed by atoms with van der Waals surface area (Å²) in [4.78, 5) is 16.1. The van der Waals surface area contributed by atoms with Gasteiger partial charge in [-0.05, 0) is 31.5 Å². The maximum Gasteiger partial charge on any atom is 0.213 e. The monoisotopic (exact) mass is 301 g/mol. The third-order valence-electron chi connectivity index (χ3n) is 3.15. The molecule has 0 saturated heterocycles. The van der Waals surface area contributed by atoms with Crippen molar-refractivity contribution in [3.05, 3.63) is 46.2 Å². The number of rotatable bonds is 5. The van der Waals surface area contributed by atoms with Gasteiger partial charge in [0.25, 0.3) is 0 Å². The van der Waals surface area contributed by atoms with Crippen LogP contribution in [0.3, 0.4) is 0 Å². The number of hydrogen-bond donors (Lipinski definition) is 0. The van der Waals surface area contributed by atoms with E-state index in [9.17, 15) is 4.79 Å². The first-order chi connectivity index (χ1) is 10.2. The molecule has 3 rings (SSSR count). The number of aryl methyl sites for hydroxylation is 2. The highest BCUT2D eigenvalue weighted by Gasteiger charge is 2.13. The minimum atomic E-state index is 0.520. The van der Waals surface area contributed by atoms with Crippen molar-refractivity contribution in [3.8, 4) is 5.75 Å². The van der Waals surface area contributed by atoms with Gasteiger partial charge in [-0.25, -0.2) is 4.98 Å². The average Bonchev–Trinajstić information content (AvgIpc) is 2.94. The minimum Gasteiger partial charge on any atom is -0.493 e. The molecule has 0 aliphatic rings. The van der Waals surface area contributed by atoms with Crippen molar-refractivity contribution in [1.29, 1.82) is 0 Å². The highest BCUT2D eigenvalue weighted by molar-refractivity contribution is 7.16. The SMILES string of the molecule is Cc1cccc(OCCc2nn3c(C=O)c(C)nc3s2)c1. The Kier molecular flexibility index (Phi) is 3.70. The second kappa shape index (κ2) is 5.65. The molecule has 1 aromatic carbocycles. The molecule has 5 nitrogen and oxygen atoms in total. The van der Waals surface area contributed by atoms with Crippen molar-refractivity contribution < 1.29 is 9.53 Å². The molecule has 0 spiro atoms. The highest BCUT2D eigenvalue weighted by Crippen LogP contribution is 2.18. The van der Waals surface area contributed by atoms with E-state index < -0.39 is 0 Å². The molecular formula is C15H15N3O2S. The summed E-state index contributed by atoms with van der Waals surface area (Å²) < 4.78 is 7.32. The smallest absolute Gasteiger partial charge is 0.213 e. The normalized spacial score (nSPS) is 11.0. The fraction of sp³-hybridized carbons (Fsp3) is 0.267. The van der Waals surface area contributed by atoms with E-state index in [0.29, 0.717) is 24.4 Å². The van der Waals surface area contributed by atoms with Gasteiger partial charge in [0.2, 0.25) is 4.96 Å². The van der Waals surface area contributed by atoms with Gasteiger partial charge in [0.15, 0.2) is 6.29 Å². The second-order valence-corrected chi connectivity index (χ2v) is 5.85. The highest BCUT2D eigenvalue weighted by atomic mass is 32.1. The van der Waals surface area contributed by atoms with Crippen molar-refractivity contribution >= 4 is 22.6 Å². The molecule has 2 heterocycles. The first kappa shape index (κ1) is 13.8. The molecule has 0 N–H and O–H groups in total. The van der Waals surface area contributed by atoms with Gasteiger partial charge in [-0.3, -0.25) is 4.79 Å². The summed E-state index contributed by atoms with van der Waals surface area (Å²) in [5, 5.41) is 5.32. The average molecular weight is 301 g/mol. The topological polar surface area (TPSA) is 56.5 Å². The van der Waals surface area contributed by atoms with Gasteiger partial charge in [-0.15, -0.1) is 0 Å². The van der Waals surface area contributed by atoms with Crippen molar-refractivity contribution in [2.75, 3.05) is 6.61 Å². The quantitative estimate of drug-likeness (QED) is 0.680. The van der Waals surface area contributed by atoms with Crippen LogP contribution in [0.1, 0.15) is 26.8 Å². The number of nitrogens with zero attached hydrogens (tertiary/aromatic N) is 3. The summed E-state index contributed by atoms with van der Waals surface area (Å²) in [7, 11) is 0. The lowest BCUT2D eigenvalue weighted by Crippen LogP contribution is -2.02. The predicted molar refractivity (Wildman–Crippen MR) is 81.4 cm³/mol. The third kappa shape index (κ3) is 2.80. The van der Waals surface area contributed by atoms with Crippen LogP contribution < -0.4 is 4.74 Å². The van der Waals surface area contributed by atoms with E-state index in [1.54, 1.807) is 4.52 Å². The Morgan fingerprint density at radius 1 is 1.38 bits per heavy atom. The molecule has 108 valence electrons. The van der Waals surface area contributed by atoms with Crippen molar-refractivity contribution in [1.82, 2.24) is 14.6 Å². The van der Waals surface area contributed by atoms with Crippen LogP contribution in [-0.4, -0.2) is 27.5 Å². The number of aromatic nitrogens is 3. The molecule has 0 radical (unpaired) electrons. The van der Waals surface area contributed by atoms with Gasteiger partial charge in [0.1, 0.15) is 16.5 Å². The van der Waals surface area contributed by atoms with Crippen LogP contribution in [0.4, 0.5) is 0 Å². The van der Waals surface area contributed by atoms with E-state index >= 15 is 0 Å². The van der Waals surface area contributed by atoms with E-state index in [0.717, 1.165) is 22.0 Å². The zero-order chi connectivity index (χ0) is 14.8. The van der Waals surface area contributed by atoms with Crippen LogP contribution in [0.15, 0.2) is 24.3 Å². The minimum absolute atomic E-state index is 0.520. The summed E-state index contributed by atoms with van der Waals surface area (Å²) in [6.07, 6.45) is 1.49. The molecule has 6 heteroatoms. The molecule has 0 unspecified atom stereocenters. The van der Waals surface area contributed by atoms with Crippen LogP contribution in [0.25, 0.3) is 4.96 Å². The summed E-state index contributed by atoms with van der Waals surface area (Å²) in [5.74, 6) is 0.862. The zero-order valence-electron chi connectivity index (χ0n) is 11.9. The van der Waals surface area contributed by atoms with E-state index in [1.165, 1.54) is 16.9 Å². The Hall–Kier alpha value is -2.21. The molecule has 0 bridgehead atoms. The summed E-state index contributed by atoms with van der Waals surface area (Å²) in [6, 6.07) is 7.95. The molecule has 3 aromatic rings. The van der Waals surface area contributed by atoms with Crippen molar-refractivity contribution in [3.63, 3.8) is 0 Å². The number of fused-ring (bicyclic) bond motifs is 1. The van der Waals surface area contributed by atoms with Gasteiger partial charge in [0, 0.05) is 6.42 Å². The third-order valence-corrected chi connectivity index (χ3v) is 4.12. The van der Waals surface area contributed by atoms with E-state index in [-0.39, 0.29) is 0 Å². The summed E-state index contributed by atoms with van der Waals surface area (Å²) in [5.41, 5.74) is 2.41. The number of carbonyl (C=O) groups is 1. The van der Waals surface area contributed by atoms with Crippen molar-refractivity contribution in [2.45, 2.75) is 20.3 Å². The van der Waals surface area contributed by atoms with Crippen LogP contribution in [0.5, 0.6) is 5.75 Å². The zero-order valence-corrected chi connectivity index (χ0v) is 12.7. The maximum atomic E-state index is 11.0. The van der Waals surface area contributed by atoms with Crippen LogP contribution in [0.2, 0.25) is 0 Å². The molecule has 0 aliphatic heterocycles. The molecular weight excluding hydrogens is 286 g/mol. The number of benzene rings is 1. The Bertz CT molecular complexity index is 791. The second-order valence-electron chi connectivity index (χ2n) is 4.81. The van der Waals surface area contributed by atoms with Crippen LogP contribution in [-0.2, 0) is 6.42 Å². The number of hydrogen-bond acceptors (Lipinski definition) is 5. The van der Waals surface area contributed by atoms with Crippen molar-refractivity contribution in [2.24, 2.45) is 0 Å².